The van der Waals surface area contributed by atoms with Crippen molar-refractivity contribution >= 4 is 39.0 Å². The summed E-state index contributed by atoms with van der Waals surface area (Å²) in [7, 11) is 0. The fourth-order valence-electron chi connectivity index (χ4n) is 3.13. The van der Waals surface area contributed by atoms with Gasteiger partial charge >= 0.3 is 0 Å². The average Bonchev–Trinajstić information content (AvgIpc) is 2.65. The zero-order valence-electron chi connectivity index (χ0n) is 13.4. The number of benzene rings is 3. The number of nitroso groups, excluding NO2 is 1. The summed E-state index contributed by atoms with van der Waals surface area (Å²) in [5.41, 5.74) is 1.94. The summed E-state index contributed by atoms with van der Waals surface area (Å²) in [6.45, 7) is 0.650. The number of nitrogens with zero attached hydrogens (tertiary/aromatic N) is 2. The summed E-state index contributed by atoms with van der Waals surface area (Å²) in [5, 5.41) is 7.57. The maximum atomic E-state index is 10.8. The van der Waals surface area contributed by atoms with Crippen molar-refractivity contribution in [2.24, 2.45) is 5.18 Å². The van der Waals surface area contributed by atoms with E-state index in [0.29, 0.717) is 6.54 Å². The van der Waals surface area contributed by atoms with Gasteiger partial charge in [0.15, 0.2) is 0 Å². The van der Waals surface area contributed by atoms with Crippen LogP contribution in [0, 0.1) is 4.91 Å². The van der Waals surface area contributed by atoms with Gasteiger partial charge in [-0.2, -0.15) is 0 Å². The van der Waals surface area contributed by atoms with Gasteiger partial charge in [0.05, 0.1) is 11.9 Å². The normalized spacial score (nSPS) is 14.8. The topological polar surface area (TPSA) is 32.7 Å². The first-order valence-corrected chi connectivity index (χ1v) is 8.79. The lowest BCUT2D eigenvalue weighted by atomic mass is 10.1. The number of fused-ring (bicyclic) bond motifs is 2. The first-order chi connectivity index (χ1) is 12.3. The summed E-state index contributed by atoms with van der Waals surface area (Å²) in [5.74, 6) is 0. The highest BCUT2D eigenvalue weighted by molar-refractivity contribution is 9.10. The van der Waals surface area contributed by atoms with Gasteiger partial charge in [0.2, 0.25) is 0 Å². The molecule has 0 saturated heterocycles. The standard InChI is InChI=1S/C21H15BrN2O/c22-21-18(10-9-15-5-3-4-8-20(15)21)14-24-13-17-7-2-1-6-16(17)11-19(24)12-23-25/h1-13H,14H2. The number of hydrogen-bond donors (Lipinski definition) is 0. The molecule has 0 radical (unpaired) electrons. The number of hydrogen-bond acceptors (Lipinski definition) is 3. The van der Waals surface area contributed by atoms with Gasteiger partial charge in [0, 0.05) is 17.2 Å². The van der Waals surface area contributed by atoms with Gasteiger partial charge < -0.3 is 4.90 Å². The summed E-state index contributed by atoms with van der Waals surface area (Å²) in [4.78, 5) is 12.9. The van der Waals surface area contributed by atoms with E-state index in [1.807, 2.05) is 36.4 Å². The van der Waals surface area contributed by atoms with Crippen LogP contribution in [0.3, 0.4) is 0 Å². The fraction of sp³-hybridized carbons (Fsp3) is 0.0476. The Balaban J connectivity index is 1.79. The highest BCUT2D eigenvalue weighted by Crippen LogP contribution is 2.29. The maximum Gasteiger partial charge on any atom is 0.0951 e. The first-order valence-electron chi connectivity index (χ1n) is 8.00. The van der Waals surface area contributed by atoms with Gasteiger partial charge in [-0.3, -0.25) is 0 Å². The molecule has 0 unspecified atom stereocenters. The molecule has 3 aromatic rings. The minimum absolute atomic E-state index is 0.650. The largest absolute Gasteiger partial charge is 0.342 e. The van der Waals surface area contributed by atoms with Crippen molar-refractivity contribution < 1.29 is 0 Å². The molecule has 0 N–H and O–H groups in total. The van der Waals surface area contributed by atoms with Crippen molar-refractivity contribution in [3.05, 3.63) is 97.9 Å². The van der Waals surface area contributed by atoms with Gasteiger partial charge in [-0.05, 0) is 54.0 Å². The molecule has 4 rings (SSSR count). The van der Waals surface area contributed by atoms with Crippen molar-refractivity contribution in [2.45, 2.75) is 6.54 Å². The summed E-state index contributed by atoms with van der Waals surface area (Å²) < 4.78 is 1.08. The van der Waals surface area contributed by atoms with Crippen LogP contribution in [-0.2, 0) is 6.54 Å². The molecule has 0 amide bonds. The second-order valence-electron chi connectivity index (χ2n) is 5.95. The van der Waals surface area contributed by atoms with Crippen molar-refractivity contribution in [2.75, 3.05) is 0 Å². The summed E-state index contributed by atoms with van der Waals surface area (Å²) in [6.07, 6.45) is 5.42. The monoisotopic (exact) mass is 390 g/mol. The third kappa shape index (κ3) is 3.01. The molecular weight excluding hydrogens is 376 g/mol. The van der Waals surface area contributed by atoms with Crippen LogP contribution in [0.5, 0.6) is 0 Å². The van der Waals surface area contributed by atoms with Crippen molar-refractivity contribution in [3.8, 4) is 0 Å². The molecule has 1 aliphatic heterocycles. The first kappa shape index (κ1) is 15.8. The van der Waals surface area contributed by atoms with Crippen LogP contribution in [0.25, 0.3) is 23.0 Å². The Kier molecular flexibility index (Phi) is 4.20. The number of rotatable bonds is 3. The van der Waals surface area contributed by atoms with E-state index in [4.69, 9.17) is 0 Å². The van der Waals surface area contributed by atoms with Gasteiger partial charge in [-0.25, -0.2) is 0 Å². The molecule has 0 spiro atoms. The highest BCUT2D eigenvalue weighted by Gasteiger charge is 2.13. The zero-order valence-corrected chi connectivity index (χ0v) is 15.0. The predicted octanol–water partition coefficient (Wildman–Crippen LogP) is 4.24. The molecule has 4 heteroatoms. The molecule has 122 valence electrons. The van der Waals surface area contributed by atoms with Crippen LogP contribution >= 0.6 is 15.9 Å². The van der Waals surface area contributed by atoms with Gasteiger partial charge in [0.1, 0.15) is 0 Å². The highest BCUT2D eigenvalue weighted by atomic mass is 79.9. The van der Waals surface area contributed by atoms with E-state index in [-0.39, 0.29) is 0 Å². The van der Waals surface area contributed by atoms with Gasteiger partial charge in [-0.15, -0.1) is 4.91 Å². The molecule has 0 aliphatic carbocycles. The van der Waals surface area contributed by atoms with E-state index in [0.717, 1.165) is 26.2 Å². The third-order valence-corrected chi connectivity index (χ3v) is 5.33. The Morgan fingerprint density at radius 2 is 1.72 bits per heavy atom. The van der Waals surface area contributed by atoms with Crippen LogP contribution in [0.1, 0.15) is 5.56 Å². The zero-order chi connectivity index (χ0) is 17.2. The molecule has 3 aromatic carbocycles. The lowest BCUT2D eigenvalue weighted by molar-refractivity contribution is 0.515. The molecule has 25 heavy (non-hydrogen) atoms. The predicted molar refractivity (Wildman–Crippen MR) is 106 cm³/mol. The molecular formula is C21H15BrN2O. The minimum atomic E-state index is 0.650. The van der Waals surface area contributed by atoms with E-state index in [1.165, 1.54) is 17.0 Å². The van der Waals surface area contributed by atoms with Crippen molar-refractivity contribution in [3.63, 3.8) is 0 Å². The lowest BCUT2D eigenvalue weighted by Crippen LogP contribution is -2.33. The molecule has 0 aromatic heterocycles. The summed E-state index contributed by atoms with van der Waals surface area (Å²) >= 11 is 3.74. The second-order valence-corrected chi connectivity index (χ2v) is 6.74. The van der Waals surface area contributed by atoms with Crippen LogP contribution in [0.2, 0.25) is 0 Å². The Hall–Kier alpha value is -2.72. The van der Waals surface area contributed by atoms with Crippen molar-refractivity contribution in [1.29, 1.82) is 0 Å². The Bertz CT molecular complexity index is 1120. The molecule has 1 heterocycles. The second kappa shape index (κ2) is 6.65. The van der Waals surface area contributed by atoms with Gasteiger partial charge in [-0.1, -0.05) is 60.7 Å². The van der Waals surface area contributed by atoms with Crippen LogP contribution in [0.15, 0.2) is 82.2 Å². The SMILES string of the molecule is O=NC=C1C=c2ccccc2=CN1Cc1ccc2ccccc2c1Br. The third-order valence-electron chi connectivity index (χ3n) is 4.39. The molecule has 3 nitrogen and oxygen atoms in total. The number of allylic oxidation sites excluding steroid dienone is 1. The Morgan fingerprint density at radius 1 is 0.960 bits per heavy atom. The Morgan fingerprint density at radius 3 is 2.56 bits per heavy atom. The van der Waals surface area contributed by atoms with E-state index in [1.54, 1.807) is 0 Å². The number of halogens is 1. The molecule has 0 bridgehead atoms. The maximum absolute atomic E-state index is 10.8. The summed E-state index contributed by atoms with van der Waals surface area (Å²) in [6, 6.07) is 20.6. The molecule has 0 atom stereocenters. The quantitative estimate of drug-likeness (QED) is 0.626. The van der Waals surface area contributed by atoms with E-state index >= 15 is 0 Å². The fourth-order valence-corrected chi connectivity index (χ4v) is 3.75. The van der Waals surface area contributed by atoms with Crippen molar-refractivity contribution in [1.82, 2.24) is 4.90 Å². The van der Waals surface area contributed by atoms with Crippen LogP contribution in [-0.4, -0.2) is 4.90 Å². The van der Waals surface area contributed by atoms with E-state index in [9.17, 15) is 4.91 Å². The lowest BCUT2D eigenvalue weighted by Gasteiger charge is -2.24. The molecule has 0 fully saturated rings. The van der Waals surface area contributed by atoms with E-state index < -0.39 is 0 Å². The van der Waals surface area contributed by atoms with E-state index in [2.05, 4.69) is 62.5 Å². The van der Waals surface area contributed by atoms with Crippen LogP contribution < -0.4 is 10.4 Å². The Labute approximate surface area is 153 Å². The van der Waals surface area contributed by atoms with Crippen LogP contribution in [0.4, 0.5) is 0 Å². The molecule has 1 aliphatic rings. The minimum Gasteiger partial charge on any atom is -0.342 e. The molecule has 0 saturated carbocycles. The van der Waals surface area contributed by atoms with Gasteiger partial charge in [0.25, 0.3) is 0 Å². The smallest absolute Gasteiger partial charge is 0.0951 e. The average molecular weight is 391 g/mol.